The van der Waals surface area contributed by atoms with Crippen LogP contribution in [0.3, 0.4) is 0 Å². The summed E-state index contributed by atoms with van der Waals surface area (Å²) in [5.41, 5.74) is 1.33. The Morgan fingerprint density at radius 3 is 3.00 bits per heavy atom. The Morgan fingerprint density at radius 1 is 1.44 bits per heavy atom. The molecule has 0 radical (unpaired) electrons. The number of benzene rings is 1. The molecule has 18 heavy (non-hydrogen) atoms. The van der Waals surface area contributed by atoms with Gasteiger partial charge in [-0.15, -0.1) is 0 Å². The van der Waals surface area contributed by atoms with Crippen LogP contribution < -0.4 is 5.32 Å². The molecule has 0 saturated carbocycles. The summed E-state index contributed by atoms with van der Waals surface area (Å²) in [5, 5.41) is 3.32. The predicted molar refractivity (Wildman–Crippen MR) is 69.7 cm³/mol. The molecule has 4 nitrogen and oxygen atoms in total. The summed E-state index contributed by atoms with van der Waals surface area (Å²) in [5.74, 6) is -0.243. The van der Waals surface area contributed by atoms with E-state index in [2.05, 4.69) is 5.32 Å². The highest BCUT2D eigenvalue weighted by Gasteiger charge is 2.22. The third kappa shape index (κ3) is 2.64. The summed E-state index contributed by atoms with van der Waals surface area (Å²) in [6.45, 7) is 3.14. The molecule has 0 aromatic heterocycles. The number of amides is 2. The maximum absolute atomic E-state index is 12.4. The number of carbonyl (C=O) groups is 2. The van der Waals surface area contributed by atoms with Gasteiger partial charge in [0.2, 0.25) is 5.91 Å². The molecule has 1 fully saturated rings. The van der Waals surface area contributed by atoms with Gasteiger partial charge in [-0.05, 0) is 31.0 Å². The molecule has 1 saturated heterocycles. The van der Waals surface area contributed by atoms with Gasteiger partial charge in [0.1, 0.15) is 0 Å². The smallest absolute Gasteiger partial charge is 0.254 e. The summed E-state index contributed by atoms with van der Waals surface area (Å²) in [6.07, 6.45) is 0.775. The molecule has 1 N–H and O–H groups in total. The number of nitrogens with one attached hydrogen (secondary N) is 1. The van der Waals surface area contributed by atoms with Crippen molar-refractivity contribution >= 4 is 23.4 Å². The van der Waals surface area contributed by atoms with Crippen LogP contribution in [0.4, 0.5) is 0 Å². The van der Waals surface area contributed by atoms with Gasteiger partial charge in [-0.1, -0.05) is 17.7 Å². The highest BCUT2D eigenvalue weighted by atomic mass is 35.5. The minimum Gasteiger partial charge on any atom is -0.354 e. The second-order valence-electron chi connectivity index (χ2n) is 4.34. The van der Waals surface area contributed by atoms with Crippen LogP contribution in [0.25, 0.3) is 0 Å². The Morgan fingerprint density at radius 2 is 2.22 bits per heavy atom. The molecule has 0 unspecified atom stereocenters. The van der Waals surface area contributed by atoms with Crippen LogP contribution in [0.1, 0.15) is 22.3 Å². The van der Waals surface area contributed by atoms with Crippen molar-refractivity contribution in [2.75, 3.05) is 19.6 Å². The van der Waals surface area contributed by atoms with Crippen LogP contribution in [0.2, 0.25) is 5.02 Å². The van der Waals surface area contributed by atoms with Crippen molar-refractivity contribution in [2.45, 2.75) is 13.3 Å². The topological polar surface area (TPSA) is 49.4 Å². The highest BCUT2D eigenvalue weighted by Crippen LogP contribution is 2.20. The zero-order valence-corrected chi connectivity index (χ0v) is 11.0. The lowest BCUT2D eigenvalue weighted by atomic mass is 10.1. The van der Waals surface area contributed by atoms with Crippen LogP contribution in [0.15, 0.2) is 18.2 Å². The van der Waals surface area contributed by atoms with E-state index in [-0.39, 0.29) is 18.4 Å². The first-order chi connectivity index (χ1) is 8.59. The molecule has 0 aliphatic carbocycles. The molecule has 1 aliphatic rings. The molecular formula is C13H15ClN2O2. The number of hydrogen-bond acceptors (Lipinski definition) is 2. The molecule has 5 heteroatoms. The Hall–Kier alpha value is -1.55. The van der Waals surface area contributed by atoms with Crippen LogP contribution >= 0.6 is 11.6 Å². The maximum atomic E-state index is 12.4. The van der Waals surface area contributed by atoms with Crippen LogP contribution in [0.5, 0.6) is 0 Å². The predicted octanol–water partition coefficient (Wildman–Crippen LogP) is 1.61. The van der Waals surface area contributed by atoms with Crippen LogP contribution in [-0.4, -0.2) is 36.3 Å². The Kier molecular flexibility index (Phi) is 3.87. The van der Waals surface area contributed by atoms with Crippen molar-refractivity contribution in [3.63, 3.8) is 0 Å². The average molecular weight is 267 g/mol. The van der Waals surface area contributed by atoms with Crippen molar-refractivity contribution < 1.29 is 9.59 Å². The number of carbonyl (C=O) groups excluding carboxylic acids is 2. The summed E-state index contributed by atoms with van der Waals surface area (Å²) >= 11 is 6.01. The van der Waals surface area contributed by atoms with Crippen molar-refractivity contribution in [3.05, 3.63) is 34.3 Å². The Bertz CT molecular complexity index is 488. The molecular weight excluding hydrogens is 252 g/mol. The van der Waals surface area contributed by atoms with E-state index in [4.69, 9.17) is 11.6 Å². The molecule has 0 atom stereocenters. The fourth-order valence-corrected chi connectivity index (χ4v) is 2.16. The van der Waals surface area contributed by atoms with E-state index in [0.717, 1.165) is 12.0 Å². The summed E-state index contributed by atoms with van der Waals surface area (Å²) in [6, 6.07) is 5.25. The number of rotatable bonds is 1. The van der Waals surface area contributed by atoms with E-state index < -0.39 is 0 Å². The minimum atomic E-state index is -0.132. The Balaban J connectivity index is 2.24. The van der Waals surface area contributed by atoms with Gasteiger partial charge in [0.15, 0.2) is 0 Å². The lowest BCUT2D eigenvalue weighted by Gasteiger charge is -2.20. The van der Waals surface area contributed by atoms with E-state index >= 15 is 0 Å². The third-order valence-corrected chi connectivity index (χ3v) is 3.46. The van der Waals surface area contributed by atoms with Gasteiger partial charge in [-0.2, -0.15) is 0 Å². The standard InChI is InChI=1S/C13H15ClN2O2/c1-9-10(4-2-5-11(9)14)13(18)16-7-3-6-15-12(17)8-16/h2,4-5H,3,6-8H2,1H3,(H,15,17). The summed E-state index contributed by atoms with van der Waals surface area (Å²) in [4.78, 5) is 25.4. The van der Waals surface area contributed by atoms with Gasteiger partial charge in [0.25, 0.3) is 5.91 Å². The quantitative estimate of drug-likeness (QED) is 0.840. The van der Waals surface area contributed by atoms with Gasteiger partial charge in [-0.3, -0.25) is 9.59 Å². The lowest BCUT2D eigenvalue weighted by molar-refractivity contribution is -0.121. The van der Waals surface area contributed by atoms with Crippen molar-refractivity contribution in [2.24, 2.45) is 0 Å². The SMILES string of the molecule is Cc1c(Cl)cccc1C(=O)N1CCCNC(=O)C1. The summed E-state index contributed by atoms with van der Waals surface area (Å²) < 4.78 is 0. The second-order valence-corrected chi connectivity index (χ2v) is 4.75. The normalized spacial score (nSPS) is 16.1. The van der Waals surface area contributed by atoms with E-state index in [1.807, 2.05) is 6.92 Å². The molecule has 0 bridgehead atoms. The molecule has 2 rings (SSSR count). The zero-order valence-electron chi connectivity index (χ0n) is 10.2. The molecule has 1 aromatic carbocycles. The van der Waals surface area contributed by atoms with Gasteiger partial charge < -0.3 is 10.2 Å². The first-order valence-electron chi connectivity index (χ1n) is 5.90. The first-order valence-corrected chi connectivity index (χ1v) is 6.28. The maximum Gasteiger partial charge on any atom is 0.254 e. The fourth-order valence-electron chi connectivity index (χ4n) is 1.99. The van der Waals surface area contributed by atoms with Crippen molar-refractivity contribution in [3.8, 4) is 0 Å². The monoisotopic (exact) mass is 266 g/mol. The largest absolute Gasteiger partial charge is 0.354 e. The van der Waals surface area contributed by atoms with Crippen LogP contribution in [-0.2, 0) is 4.79 Å². The van der Waals surface area contributed by atoms with Crippen molar-refractivity contribution in [1.29, 1.82) is 0 Å². The van der Waals surface area contributed by atoms with E-state index in [1.165, 1.54) is 0 Å². The molecule has 1 heterocycles. The third-order valence-electron chi connectivity index (χ3n) is 3.05. The molecule has 1 aliphatic heterocycles. The fraction of sp³-hybridized carbons (Fsp3) is 0.385. The van der Waals surface area contributed by atoms with Crippen LogP contribution in [0, 0.1) is 6.92 Å². The molecule has 0 spiro atoms. The molecule has 96 valence electrons. The molecule has 2 amide bonds. The van der Waals surface area contributed by atoms with Gasteiger partial charge >= 0.3 is 0 Å². The highest BCUT2D eigenvalue weighted by molar-refractivity contribution is 6.31. The molecule has 1 aromatic rings. The number of hydrogen-bond donors (Lipinski definition) is 1. The number of nitrogens with zero attached hydrogens (tertiary/aromatic N) is 1. The first kappa shape index (κ1) is 12.9. The van der Waals surface area contributed by atoms with E-state index in [0.29, 0.717) is 23.7 Å². The Labute approximate surface area is 111 Å². The van der Waals surface area contributed by atoms with E-state index in [9.17, 15) is 9.59 Å². The zero-order chi connectivity index (χ0) is 13.1. The van der Waals surface area contributed by atoms with Gasteiger partial charge in [0, 0.05) is 23.7 Å². The minimum absolute atomic E-state index is 0.111. The van der Waals surface area contributed by atoms with Gasteiger partial charge in [-0.25, -0.2) is 0 Å². The van der Waals surface area contributed by atoms with Crippen molar-refractivity contribution in [1.82, 2.24) is 10.2 Å². The average Bonchev–Trinajstić information content (AvgIpc) is 2.56. The van der Waals surface area contributed by atoms with E-state index in [1.54, 1.807) is 23.1 Å². The number of halogens is 1. The van der Waals surface area contributed by atoms with Gasteiger partial charge in [0.05, 0.1) is 6.54 Å². The lowest BCUT2D eigenvalue weighted by Crippen LogP contribution is -2.37. The second kappa shape index (κ2) is 5.40. The summed E-state index contributed by atoms with van der Waals surface area (Å²) in [7, 11) is 0.